The summed E-state index contributed by atoms with van der Waals surface area (Å²) in [7, 11) is 1.54. The van der Waals surface area contributed by atoms with Crippen molar-refractivity contribution in [1.82, 2.24) is 10.2 Å². The van der Waals surface area contributed by atoms with Gasteiger partial charge in [-0.05, 0) is 25.1 Å². The van der Waals surface area contributed by atoms with E-state index in [1.165, 1.54) is 11.9 Å². The molecule has 0 aliphatic rings. The van der Waals surface area contributed by atoms with Crippen molar-refractivity contribution >= 4 is 33.4 Å². The Morgan fingerprint density at radius 2 is 2.11 bits per heavy atom. The number of likely N-dealkylation sites (N-methyl/N-ethyl adjacent to an activating group) is 2. The molecule has 0 spiro atoms. The lowest BCUT2D eigenvalue weighted by Gasteiger charge is -2.20. The molecule has 0 saturated carbocycles. The van der Waals surface area contributed by atoms with Gasteiger partial charge in [0.2, 0.25) is 5.91 Å². The summed E-state index contributed by atoms with van der Waals surface area (Å²) in [5.74, 6) is -0.460. The van der Waals surface area contributed by atoms with Crippen LogP contribution in [0.5, 0.6) is 0 Å². The smallest absolute Gasteiger partial charge is 0.256 e. The van der Waals surface area contributed by atoms with Gasteiger partial charge in [0.25, 0.3) is 5.91 Å². The maximum absolute atomic E-state index is 12.2. The van der Waals surface area contributed by atoms with E-state index in [1.54, 1.807) is 18.2 Å². The molecule has 2 amide bonds. The maximum atomic E-state index is 12.2. The number of nitrogens with one attached hydrogen (secondary N) is 1. The number of nitrogens with two attached hydrogens (primary N) is 1. The van der Waals surface area contributed by atoms with E-state index >= 15 is 0 Å². The number of nitrogen functional groups attached to an aromatic ring is 1. The number of benzene rings is 1. The van der Waals surface area contributed by atoms with E-state index in [1.807, 2.05) is 6.92 Å². The van der Waals surface area contributed by atoms with Gasteiger partial charge < -0.3 is 16.0 Å². The van der Waals surface area contributed by atoms with Crippen molar-refractivity contribution in [3.63, 3.8) is 0 Å². The van der Waals surface area contributed by atoms with Crippen LogP contribution in [0.3, 0.4) is 0 Å². The molecule has 0 fully saturated rings. The lowest BCUT2D eigenvalue weighted by molar-refractivity contribution is -0.121. The molecule has 3 N–H and O–H groups in total. The number of rotatable bonds is 4. The van der Waals surface area contributed by atoms with Crippen LogP contribution in [-0.4, -0.2) is 36.9 Å². The Balaban J connectivity index is 2.96. The lowest BCUT2D eigenvalue weighted by atomic mass is 10.1. The molecule has 18 heavy (non-hydrogen) atoms. The average molecular weight is 314 g/mol. The van der Waals surface area contributed by atoms with Crippen LogP contribution in [-0.2, 0) is 4.79 Å². The highest BCUT2D eigenvalue weighted by Gasteiger charge is 2.19. The summed E-state index contributed by atoms with van der Waals surface area (Å²) in [5, 5.41) is 2.49. The van der Waals surface area contributed by atoms with Crippen molar-refractivity contribution in [3.8, 4) is 0 Å². The molecule has 1 aromatic rings. The highest BCUT2D eigenvalue weighted by Crippen LogP contribution is 2.20. The minimum absolute atomic E-state index is 0.0256. The number of amides is 2. The Bertz CT molecular complexity index is 463. The Morgan fingerprint density at radius 3 is 2.67 bits per heavy atom. The number of nitrogens with zero attached hydrogens (tertiary/aromatic N) is 1. The van der Waals surface area contributed by atoms with Gasteiger partial charge in [-0.15, -0.1) is 0 Å². The summed E-state index contributed by atoms with van der Waals surface area (Å²) < 4.78 is 0.774. The molecule has 1 aromatic carbocycles. The predicted molar refractivity (Wildman–Crippen MR) is 74.2 cm³/mol. The van der Waals surface area contributed by atoms with E-state index < -0.39 is 0 Å². The first kappa shape index (κ1) is 14.5. The number of carbonyl (C=O) groups is 2. The van der Waals surface area contributed by atoms with E-state index in [0.29, 0.717) is 17.8 Å². The van der Waals surface area contributed by atoms with Gasteiger partial charge in [-0.2, -0.15) is 0 Å². The third-order valence-electron chi connectivity index (χ3n) is 2.53. The maximum Gasteiger partial charge on any atom is 0.256 e. The molecule has 0 heterocycles. The van der Waals surface area contributed by atoms with Gasteiger partial charge in [0.1, 0.15) is 0 Å². The fourth-order valence-corrected chi connectivity index (χ4v) is 1.82. The number of carbonyl (C=O) groups excluding carboxylic acids is 2. The molecule has 6 heteroatoms. The summed E-state index contributed by atoms with van der Waals surface area (Å²) in [6.45, 7) is 2.28. The molecule has 98 valence electrons. The number of anilines is 1. The van der Waals surface area contributed by atoms with Gasteiger partial charge in [0.05, 0.1) is 12.1 Å². The molecule has 0 saturated heterocycles. The van der Waals surface area contributed by atoms with Crippen LogP contribution < -0.4 is 11.1 Å². The molecule has 0 aromatic heterocycles. The fraction of sp³-hybridized carbons (Fsp3) is 0.333. The van der Waals surface area contributed by atoms with Crippen molar-refractivity contribution in [3.05, 3.63) is 28.2 Å². The lowest BCUT2D eigenvalue weighted by Crippen LogP contribution is -2.39. The molecule has 0 unspecified atom stereocenters. The van der Waals surface area contributed by atoms with Crippen molar-refractivity contribution < 1.29 is 9.59 Å². The zero-order valence-electron chi connectivity index (χ0n) is 10.4. The quantitative estimate of drug-likeness (QED) is 0.821. The first-order valence-electron chi connectivity index (χ1n) is 5.54. The second-order valence-corrected chi connectivity index (χ2v) is 4.64. The van der Waals surface area contributed by atoms with Crippen LogP contribution >= 0.6 is 15.9 Å². The van der Waals surface area contributed by atoms with Crippen LogP contribution in [0.1, 0.15) is 17.3 Å². The highest BCUT2D eigenvalue weighted by atomic mass is 79.9. The van der Waals surface area contributed by atoms with Gasteiger partial charge >= 0.3 is 0 Å². The minimum atomic E-state index is -0.250. The fourth-order valence-electron chi connectivity index (χ4n) is 1.46. The minimum Gasteiger partial charge on any atom is -0.398 e. The summed E-state index contributed by atoms with van der Waals surface area (Å²) in [6.07, 6.45) is 0. The largest absolute Gasteiger partial charge is 0.398 e. The zero-order chi connectivity index (χ0) is 13.7. The van der Waals surface area contributed by atoms with E-state index in [0.717, 1.165) is 4.47 Å². The van der Waals surface area contributed by atoms with Crippen LogP contribution in [0.4, 0.5) is 5.69 Å². The van der Waals surface area contributed by atoms with Crippen molar-refractivity contribution in [2.75, 3.05) is 25.9 Å². The molecule has 0 aliphatic heterocycles. The number of halogens is 1. The first-order chi connectivity index (χ1) is 8.49. The monoisotopic (exact) mass is 313 g/mol. The van der Waals surface area contributed by atoms with Gasteiger partial charge in [-0.1, -0.05) is 15.9 Å². The Morgan fingerprint density at radius 1 is 1.44 bits per heavy atom. The zero-order valence-corrected chi connectivity index (χ0v) is 12.0. The first-order valence-corrected chi connectivity index (χ1v) is 6.33. The molecule has 1 rings (SSSR count). The highest BCUT2D eigenvalue weighted by molar-refractivity contribution is 9.10. The summed E-state index contributed by atoms with van der Waals surface area (Å²) in [5.41, 5.74) is 6.58. The van der Waals surface area contributed by atoms with Gasteiger partial charge in [0, 0.05) is 23.8 Å². The number of hydrogen-bond donors (Lipinski definition) is 2. The SMILES string of the molecule is CCN(CC(=O)NC)C(=O)c1cc(Br)ccc1N. The van der Waals surface area contributed by atoms with Gasteiger partial charge in [0.15, 0.2) is 0 Å². The molecular weight excluding hydrogens is 298 g/mol. The van der Waals surface area contributed by atoms with E-state index in [2.05, 4.69) is 21.2 Å². The molecular formula is C12H16BrN3O2. The van der Waals surface area contributed by atoms with Gasteiger partial charge in [-0.25, -0.2) is 0 Å². The molecule has 0 aliphatic carbocycles. The predicted octanol–water partition coefficient (Wildman–Crippen LogP) is 1.24. The van der Waals surface area contributed by atoms with E-state index in [-0.39, 0.29) is 18.4 Å². The van der Waals surface area contributed by atoms with Crippen LogP contribution in [0, 0.1) is 0 Å². The third kappa shape index (κ3) is 3.46. The van der Waals surface area contributed by atoms with Crippen LogP contribution in [0.15, 0.2) is 22.7 Å². The second kappa shape index (κ2) is 6.39. The van der Waals surface area contributed by atoms with E-state index in [4.69, 9.17) is 5.73 Å². The van der Waals surface area contributed by atoms with Crippen LogP contribution in [0.2, 0.25) is 0 Å². The molecule has 0 atom stereocenters. The van der Waals surface area contributed by atoms with Crippen molar-refractivity contribution in [1.29, 1.82) is 0 Å². The van der Waals surface area contributed by atoms with Gasteiger partial charge in [-0.3, -0.25) is 9.59 Å². The normalized spacial score (nSPS) is 9.94. The van der Waals surface area contributed by atoms with Crippen molar-refractivity contribution in [2.24, 2.45) is 0 Å². The van der Waals surface area contributed by atoms with Crippen LogP contribution in [0.25, 0.3) is 0 Å². The number of hydrogen-bond acceptors (Lipinski definition) is 3. The van der Waals surface area contributed by atoms with E-state index in [9.17, 15) is 9.59 Å². The topological polar surface area (TPSA) is 75.4 Å². The Kier molecular flexibility index (Phi) is 5.15. The third-order valence-corrected chi connectivity index (χ3v) is 3.02. The summed E-state index contributed by atoms with van der Waals surface area (Å²) in [4.78, 5) is 25.0. The summed E-state index contributed by atoms with van der Waals surface area (Å²) in [6, 6.07) is 5.08. The Hall–Kier alpha value is -1.56. The standard InChI is InChI=1S/C12H16BrN3O2/c1-3-16(7-11(17)15-2)12(18)9-6-8(13)4-5-10(9)14/h4-6H,3,7,14H2,1-2H3,(H,15,17). The Labute approximate surface area is 114 Å². The summed E-state index contributed by atoms with van der Waals surface area (Å²) >= 11 is 3.29. The molecule has 0 bridgehead atoms. The molecule has 0 radical (unpaired) electrons. The molecule has 5 nitrogen and oxygen atoms in total. The second-order valence-electron chi connectivity index (χ2n) is 3.72. The van der Waals surface area contributed by atoms with Crippen molar-refractivity contribution in [2.45, 2.75) is 6.92 Å². The average Bonchev–Trinajstić information content (AvgIpc) is 2.37.